The van der Waals surface area contributed by atoms with Crippen molar-refractivity contribution < 1.29 is 9.32 Å². The van der Waals surface area contributed by atoms with E-state index in [0.29, 0.717) is 24.9 Å². The second-order valence-corrected chi connectivity index (χ2v) is 7.71. The average molecular weight is 388 g/mol. The zero-order valence-electron chi connectivity index (χ0n) is 16.6. The first-order chi connectivity index (χ1) is 13.6. The van der Waals surface area contributed by atoms with E-state index in [0.717, 1.165) is 56.6 Å². The molecule has 2 aliphatic rings. The molecule has 0 radical (unpaired) electrons. The quantitative estimate of drug-likeness (QED) is 0.686. The minimum atomic E-state index is -0.216. The average Bonchev–Trinajstić information content (AvgIpc) is 3.12. The van der Waals surface area contributed by atoms with Gasteiger partial charge in [-0.1, -0.05) is 18.5 Å². The molecule has 4 rings (SSSR count). The normalized spacial score (nSPS) is 19.5. The van der Waals surface area contributed by atoms with Crippen molar-refractivity contribution in [3.05, 3.63) is 28.0 Å². The van der Waals surface area contributed by atoms with Crippen molar-refractivity contribution in [1.82, 2.24) is 29.4 Å². The molecule has 1 saturated carbocycles. The van der Waals surface area contributed by atoms with Crippen molar-refractivity contribution in [1.29, 1.82) is 0 Å². The lowest BCUT2D eigenvalue weighted by Gasteiger charge is -2.21. The standard InChI is InChI=1S/C19H28N6O3/c1-3-5-8-15-21-25(19(27)23(15)4-2)12-16(26)24-11-6-7-14(24)18-20-17(22-28-18)13-9-10-13/h13-14H,3-12H2,1-2H3. The molecule has 0 N–H and O–H groups in total. The van der Waals surface area contributed by atoms with Crippen molar-refractivity contribution in [3.8, 4) is 0 Å². The molecular formula is C19H28N6O3. The predicted octanol–water partition coefficient (Wildman–Crippen LogP) is 2.03. The summed E-state index contributed by atoms with van der Waals surface area (Å²) in [5.74, 6) is 2.32. The highest BCUT2D eigenvalue weighted by Crippen LogP contribution is 2.39. The molecule has 0 aromatic carbocycles. The number of nitrogens with zero attached hydrogens (tertiary/aromatic N) is 6. The molecule has 1 unspecified atom stereocenters. The Balaban J connectivity index is 1.49. The van der Waals surface area contributed by atoms with E-state index in [9.17, 15) is 9.59 Å². The molecule has 0 spiro atoms. The largest absolute Gasteiger partial charge is 0.346 e. The third-order valence-electron chi connectivity index (χ3n) is 5.61. The van der Waals surface area contributed by atoms with Gasteiger partial charge in [0.05, 0.1) is 0 Å². The number of carbonyl (C=O) groups excluding carboxylic acids is 1. The summed E-state index contributed by atoms with van der Waals surface area (Å²) in [6.45, 7) is 5.18. The van der Waals surface area contributed by atoms with E-state index in [-0.39, 0.29) is 24.2 Å². The highest BCUT2D eigenvalue weighted by atomic mass is 16.5. The van der Waals surface area contributed by atoms with E-state index in [1.165, 1.54) is 4.68 Å². The van der Waals surface area contributed by atoms with Crippen LogP contribution in [0.15, 0.2) is 9.32 Å². The molecule has 0 bridgehead atoms. The van der Waals surface area contributed by atoms with Crippen LogP contribution in [0.25, 0.3) is 0 Å². The number of hydrogen-bond acceptors (Lipinski definition) is 6. The van der Waals surface area contributed by atoms with Gasteiger partial charge < -0.3 is 9.42 Å². The Kier molecular flexibility index (Phi) is 5.32. The van der Waals surface area contributed by atoms with Crippen LogP contribution >= 0.6 is 0 Å². The van der Waals surface area contributed by atoms with E-state index in [4.69, 9.17) is 4.52 Å². The zero-order valence-corrected chi connectivity index (χ0v) is 16.6. The number of carbonyl (C=O) groups is 1. The molecule has 3 heterocycles. The van der Waals surface area contributed by atoms with Gasteiger partial charge in [0.25, 0.3) is 0 Å². The van der Waals surface area contributed by atoms with Crippen LogP contribution in [0.4, 0.5) is 0 Å². The van der Waals surface area contributed by atoms with Crippen LogP contribution in [0.2, 0.25) is 0 Å². The Labute approximate surface area is 163 Å². The SMILES string of the molecule is CCCCc1nn(CC(=O)N2CCCC2c2nc(C3CC3)no2)c(=O)n1CC. The molecule has 9 nitrogen and oxygen atoms in total. The van der Waals surface area contributed by atoms with E-state index in [1.807, 2.05) is 6.92 Å². The number of unbranched alkanes of at least 4 members (excludes halogenated alkanes) is 1. The molecule has 1 aliphatic carbocycles. The zero-order chi connectivity index (χ0) is 19.7. The Morgan fingerprint density at radius 3 is 2.79 bits per heavy atom. The lowest BCUT2D eigenvalue weighted by atomic mass is 10.2. The smallest absolute Gasteiger partial charge is 0.337 e. The van der Waals surface area contributed by atoms with Gasteiger partial charge >= 0.3 is 5.69 Å². The fraction of sp³-hybridized carbons (Fsp3) is 0.737. The summed E-state index contributed by atoms with van der Waals surface area (Å²) in [4.78, 5) is 31.9. The van der Waals surface area contributed by atoms with Crippen LogP contribution in [0.3, 0.4) is 0 Å². The number of amides is 1. The minimum Gasteiger partial charge on any atom is -0.337 e. The molecular weight excluding hydrogens is 360 g/mol. The summed E-state index contributed by atoms with van der Waals surface area (Å²) in [7, 11) is 0. The van der Waals surface area contributed by atoms with Crippen LogP contribution in [0.1, 0.15) is 81.9 Å². The number of hydrogen-bond donors (Lipinski definition) is 0. The maximum atomic E-state index is 13.0. The second-order valence-electron chi connectivity index (χ2n) is 7.71. The summed E-state index contributed by atoms with van der Waals surface area (Å²) >= 11 is 0. The molecule has 1 amide bonds. The van der Waals surface area contributed by atoms with Crippen molar-refractivity contribution in [2.75, 3.05) is 6.54 Å². The van der Waals surface area contributed by atoms with Crippen molar-refractivity contribution in [2.24, 2.45) is 0 Å². The number of aryl methyl sites for hydroxylation is 1. The monoisotopic (exact) mass is 388 g/mol. The first-order valence-electron chi connectivity index (χ1n) is 10.4. The first-order valence-corrected chi connectivity index (χ1v) is 10.4. The van der Waals surface area contributed by atoms with Gasteiger partial charge in [-0.2, -0.15) is 10.1 Å². The van der Waals surface area contributed by atoms with Crippen molar-refractivity contribution in [3.63, 3.8) is 0 Å². The van der Waals surface area contributed by atoms with Crippen LogP contribution < -0.4 is 5.69 Å². The Bertz CT molecular complexity index is 894. The van der Waals surface area contributed by atoms with Crippen LogP contribution in [-0.2, 0) is 24.3 Å². The fourth-order valence-electron chi connectivity index (χ4n) is 3.86. The maximum Gasteiger partial charge on any atom is 0.346 e. The van der Waals surface area contributed by atoms with Gasteiger partial charge in [-0.25, -0.2) is 9.48 Å². The molecule has 9 heteroatoms. The Hall–Kier alpha value is -2.45. The first kappa shape index (κ1) is 18.9. The van der Waals surface area contributed by atoms with Crippen molar-refractivity contribution >= 4 is 5.91 Å². The molecule has 1 aliphatic heterocycles. The topological polar surface area (TPSA) is 99.1 Å². The van der Waals surface area contributed by atoms with Crippen molar-refractivity contribution in [2.45, 2.75) is 83.8 Å². The van der Waals surface area contributed by atoms with Gasteiger partial charge in [0, 0.05) is 25.4 Å². The molecule has 1 saturated heterocycles. The van der Waals surface area contributed by atoms with E-state index < -0.39 is 0 Å². The number of aromatic nitrogens is 5. The van der Waals surface area contributed by atoms with Gasteiger partial charge in [-0.15, -0.1) is 0 Å². The molecule has 2 aromatic rings. The highest BCUT2D eigenvalue weighted by Gasteiger charge is 2.36. The minimum absolute atomic E-state index is 0.0505. The summed E-state index contributed by atoms with van der Waals surface area (Å²) < 4.78 is 8.40. The molecule has 152 valence electrons. The van der Waals surface area contributed by atoms with Gasteiger partial charge in [-0.05, 0) is 39.0 Å². The van der Waals surface area contributed by atoms with Gasteiger partial charge in [-0.3, -0.25) is 9.36 Å². The number of rotatable bonds is 8. The van der Waals surface area contributed by atoms with E-state index in [2.05, 4.69) is 22.2 Å². The molecule has 2 aromatic heterocycles. The van der Waals surface area contributed by atoms with E-state index >= 15 is 0 Å². The molecule has 28 heavy (non-hydrogen) atoms. The van der Waals surface area contributed by atoms with Crippen LogP contribution in [-0.4, -0.2) is 41.8 Å². The van der Waals surface area contributed by atoms with Gasteiger partial charge in [0.2, 0.25) is 11.8 Å². The van der Waals surface area contributed by atoms with Crippen LogP contribution in [0.5, 0.6) is 0 Å². The van der Waals surface area contributed by atoms with Crippen LogP contribution in [0, 0.1) is 0 Å². The molecule has 2 fully saturated rings. The third kappa shape index (κ3) is 3.62. The Morgan fingerprint density at radius 2 is 2.07 bits per heavy atom. The molecule has 1 atom stereocenters. The lowest BCUT2D eigenvalue weighted by molar-refractivity contribution is -0.133. The summed E-state index contributed by atoms with van der Waals surface area (Å²) in [6.07, 6.45) is 6.66. The highest BCUT2D eigenvalue weighted by molar-refractivity contribution is 5.76. The summed E-state index contributed by atoms with van der Waals surface area (Å²) in [6, 6.07) is -0.198. The third-order valence-corrected chi connectivity index (χ3v) is 5.61. The Morgan fingerprint density at radius 1 is 1.25 bits per heavy atom. The van der Waals surface area contributed by atoms with Gasteiger partial charge in [0.1, 0.15) is 18.4 Å². The second kappa shape index (κ2) is 7.89. The van der Waals surface area contributed by atoms with Gasteiger partial charge in [0.15, 0.2) is 5.82 Å². The maximum absolute atomic E-state index is 13.0. The summed E-state index contributed by atoms with van der Waals surface area (Å²) in [5.41, 5.74) is -0.216. The number of likely N-dealkylation sites (tertiary alicyclic amines) is 1. The predicted molar refractivity (Wildman–Crippen MR) is 101 cm³/mol. The van der Waals surface area contributed by atoms with E-state index in [1.54, 1.807) is 9.47 Å². The fourth-order valence-corrected chi connectivity index (χ4v) is 3.86. The summed E-state index contributed by atoms with van der Waals surface area (Å²) in [5, 5.41) is 8.51. The lowest BCUT2D eigenvalue weighted by Crippen LogP contribution is -2.37.